The lowest BCUT2D eigenvalue weighted by Gasteiger charge is -2.24. The van der Waals surface area contributed by atoms with E-state index in [0.29, 0.717) is 5.95 Å². The summed E-state index contributed by atoms with van der Waals surface area (Å²) in [6.45, 7) is 0. The van der Waals surface area contributed by atoms with Crippen molar-refractivity contribution in [1.29, 1.82) is 0 Å². The van der Waals surface area contributed by atoms with Crippen molar-refractivity contribution in [3.8, 4) is 28.5 Å². The zero-order valence-electron chi connectivity index (χ0n) is 27.6. The summed E-state index contributed by atoms with van der Waals surface area (Å²) in [7, 11) is 0. The van der Waals surface area contributed by atoms with E-state index < -0.39 is 0 Å². The number of hydrogen-bond donors (Lipinski definition) is 0. The van der Waals surface area contributed by atoms with E-state index in [0.717, 1.165) is 39.2 Å². The summed E-state index contributed by atoms with van der Waals surface area (Å²) in [6.07, 6.45) is 8.91. The van der Waals surface area contributed by atoms with E-state index in [9.17, 15) is 0 Å². The van der Waals surface area contributed by atoms with Gasteiger partial charge < -0.3 is 4.57 Å². The summed E-state index contributed by atoms with van der Waals surface area (Å²) in [4.78, 5) is 10.6. The molecule has 0 bridgehead atoms. The third kappa shape index (κ3) is 4.06. The average Bonchev–Trinajstić information content (AvgIpc) is 3.73. The molecule has 0 amide bonds. The second-order valence-electron chi connectivity index (χ2n) is 13.2. The maximum atomic E-state index is 5.28. The molecule has 11 rings (SSSR count). The van der Waals surface area contributed by atoms with Crippen LogP contribution in [-0.4, -0.2) is 24.8 Å². The van der Waals surface area contributed by atoms with Gasteiger partial charge in [0.1, 0.15) is 11.6 Å². The number of para-hydroxylation sites is 3. The van der Waals surface area contributed by atoms with E-state index in [4.69, 9.17) is 9.97 Å². The van der Waals surface area contributed by atoms with Crippen LogP contribution in [0.4, 0.5) is 11.4 Å². The van der Waals surface area contributed by atoms with Crippen LogP contribution >= 0.6 is 0 Å². The molecule has 5 heteroatoms. The molecule has 0 fully saturated rings. The monoisotopic (exact) mass is 652 g/mol. The highest BCUT2D eigenvalue weighted by Crippen LogP contribution is 2.47. The minimum absolute atomic E-state index is 0.0511. The molecule has 6 aromatic carbocycles. The topological polar surface area (TPSA) is 38.6 Å². The van der Waals surface area contributed by atoms with Gasteiger partial charge >= 0.3 is 0 Å². The molecule has 51 heavy (non-hydrogen) atoms. The molecule has 1 unspecified atom stereocenters. The van der Waals surface area contributed by atoms with Gasteiger partial charge in [-0.15, -0.1) is 0 Å². The van der Waals surface area contributed by atoms with Crippen LogP contribution in [0.1, 0.15) is 6.04 Å². The molecular formula is C46H30N5+. The molecule has 238 valence electrons. The smallest absolute Gasteiger partial charge is 0.235 e. The van der Waals surface area contributed by atoms with Crippen LogP contribution < -0.4 is 4.58 Å². The van der Waals surface area contributed by atoms with Gasteiger partial charge in [0.25, 0.3) is 0 Å². The van der Waals surface area contributed by atoms with Crippen LogP contribution in [0.15, 0.2) is 176 Å². The van der Waals surface area contributed by atoms with Crippen molar-refractivity contribution >= 4 is 60.7 Å². The van der Waals surface area contributed by atoms with Crippen molar-refractivity contribution in [2.75, 3.05) is 0 Å². The quantitative estimate of drug-likeness (QED) is 0.178. The zero-order chi connectivity index (χ0) is 33.5. The molecule has 1 atom stereocenters. The highest BCUT2D eigenvalue weighted by atomic mass is 15.2. The van der Waals surface area contributed by atoms with Crippen LogP contribution in [-0.2, 0) is 0 Å². The first-order valence-corrected chi connectivity index (χ1v) is 17.4. The Hall–Kier alpha value is -6.85. The minimum atomic E-state index is 0.0511. The highest BCUT2D eigenvalue weighted by Gasteiger charge is 2.38. The van der Waals surface area contributed by atoms with Crippen LogP contribution in [0, 0.1) is 0 Å². The molecule has 0 saturated heterocycles. The number of aromatic nitrogens is 4. The molecule has 0 spiro atoms. The molecule has 2 aliphatic rings. The van der Waals surface area contributed by atoms with Crippen molar-refractivity contribution in [2.24, 2.45) is 0 Å². The zero-order valence-corrected chi connectivity index (χ0v) is 27.6. The number of fused-ring (bicyclic) bond motifs is 9. The van der Waals surface area contributed by atoms with Crippen molar-refractivity contribution in [1.82, 2.24) is 23.7 Å². The second kappa shape index (κ2) is 10.8. The van der Waals surface area contributed by atoms with Crippen LogP contribution in [0.25, 0.3) is 72.1 Å². The molecule has 4 heterocycles. The summed E-state index contributed by atoms with van der Waals surface area (Å²) < 4.78 is 7.23. The molecule has 9 aromatic rings. The molecule has 0 radical (unpaired) electrons. The van der Waals surface area contributed by atoms with E-state index >= 15 is 0 Å². The number of hydrogen-bond acceptors (Lipinski definition) is 2. The number of nitrogens with zero attached hydrogens (tertiary/aromatic N) is 5. The first-order valence-electron chi connectivity index (χ1n) is 17.4. The summed E-state index contributed by atoms with van der Waals surface area (Å²) in [6, 6.07) is 53.7. The van der Waals surface area contributed by atoms with Gasteiger partial charge in [-0.2, -0.15) is 4.58 Å². The summed E-state index contributed by atoms with van der Waals surface area (Å²) in [5, 5.41) is 4.88. The van der Waals surface area contributed by atoms with Crippen molar-refractivity contribution < 1.29 is 0 Å². The number of rotatable bonds is 4. The molecule has 1 aliphatic carbocycles. The highest BCUT2D eigenvalue weighted by molar-refractivity contribution is 6.30. The van der Waals surface area contributed by atoms with Crippen LogP contribution in [0.5, 0.6) is 0 Å². The van der Waals surface area contributed by atoms with Crippen LogP contribution in [0.2, 0.25) is 0 Å². The summed E-state index contributed by atoms with van der Waals surface area (Å²) in [5.41, 5.74) is 12.1. The van der Waals surface area contributed by atoms with Gasteiger partial charge in [-0.1, -0.05) is 127 Å². The third-order valence-electron chi connectivity index (χ3n) is 10.4. The van der Waals surface area contributed by atoms with Gasteiger partial charge in [-0.3, -0.25) is 4.57 Å². The van der Waals surface area contributed by atoms with Gasteiger partial charge in [0, 0.05) is 56.9 Å². The maximum Gasteiger partial charge on any atom is 0.235 e. The van der Waals surface area contributed by atoms with Gasteiger partial charge in [0.05, 0.1) is 27.9 Å². The fourth-order valence-corrected chi connectivity index (χ4v) is 8.31. The Balaban J connectivity index is 1.25. The van der Waals surface area contributed by atoms with Gasteiger partial charge in [0.15, 0.2) is 0 Å². The van der Waals surface area contributed by atoms with E-state index in [2.05, 4.69) is 178 Å². The average molecular weight is 653 g/mol. The standard InChI is InChI=1S/C46H30N5/c1-4-15-30(16-5-1)35-29-36(31-17-6-2-7-18-31)48-46(47-35)51-37-23-11-10-21-33(37)43-41(51)28-27-40-44(43)34-22-14-26-42-45(34)50(40)39-25-13-12-24-38(39)49(42)32-19-8-3-9-20-32/h1-29,39H/q+1. The molecule has 0 N–H and O–H groups in total. The van der Waals surface area contributed by atoms with Crippen LogP contribution in [0.3, 0.4) is 0 Å². The number of benzene rings is 6. The Morgan fingerprint density at radius 2 is 1.16 bits per heavy atom. The largest absolute Gasteiger partial charge is 0.318 e. The van der Waals surface area contributed by atoms with Crippen molar-refractivity contribution in [3.63, 3.8) is 0 Å². The van der Waals surface area contributed by atoms with Crippen molar-refractivity contribution in [2.45, 2.75) is 6.04 Å². The van der Waals surface area contributed by atoms with Gasteiger partial charge in [-0.05, 0) is 24.3 Å². The van der Waals surface area contributed by atoms with Gasteiger partial charge in [0.2, 0.25) is 23.0 Å². The minimum Gasteiger partial charge on any atom is -0.318 e. The first-order chi connectivity index (χ1) is 25.3. The predicted molar refractivity (Wildman–Crippen MR) is 210 cm³/mol. The number of allylic oxidation sites excluding steroid dienone is 4. The van der Waals surface area contributed by atoms with Crippen molar-refractivity contribution in [3.05, 3.63) is 176 Å². The Labute approximate surface area is 294 Å². The van der Waals surface area contributed by atoms with E-state index in [1.54, 1.807) is 0 Å². The Bertz CT molecular complexity index is 2890. The molecule has 1 aliphatic heterocycles. The lowest BCUT2D eigenvalue weighted by atomic mass is 10.0. The van der Waals surface area contributed by atoms with Gasteiger partial charge in [-0.25, -0.2) is 9.97 Å². The molecule has 0 saturated carbocycles. The Morgan fingerprint density at radius 1 is 0.529 bits per heavy atom. The third-order valence-corrected chi connectivity index (χ3v) is 10.4. The lowest BCUT2D eigenvalue weighted by Crippen LogP contribution is -2.30. The van der Waals surface area contributed by atoms with E-state index in [1.165, 1.54) is 44.0 Å². The summed E-state index contributed by atoms with van der Waals surface area (Å²) >= 11 is 0. The predicted octanol–water partition coefficient (Wildman–Crippen LogP) is 11.0. The molecule has 3 aromatic heterocycles. The summed E-state index contributed by atoms with van der Waals surface area (Å²) in [5.74, 6) is 0.653. The maximum absolute atomic E-state index is 5.28. The second-order valence-corrected chi connectivity index (χ2v) is 13.2. The SMILES string of the molecule is C1=CC2=[N+](c3ccccc3)c3cccc4c5c6c7ccccc7n(-c7nc(-c8ccccc8)cc(-c8ccccc8)n7)c6ccc5n(c34)C2C=C1. The Morgan fingerprint density at radius 3 is 1.90 bits per heavy atom. The fourth-order valence-electron chi connectivity index (χ4n) is 8.31. The fraction of sp³-hybridized carbons (Fsp3) is 0.0217. The molecular weight excluding hydrogens is 623 g/mol. The van der Waals surface area contributed by atoms with E-state index in [-0.39, 0.29) is 6.04 Å². The first kappa shape index (κ1) is 28.0. The normalized spacial score (nSPS) is 15.0. The Kier molecular flexibility index (Phi) is 5.95. The lowest BCUT2D eigenvalue weighted by molar-refractivity contribution is 0.781. The molecule has 5 nitrogen and oxygen atoms in total. The van der Waals surface area contributed by atoms with E-state index in [1.807, 2.05) is 12.1 Å².